The third kappa shape index (κ3) is 4.36. The van der Waals surface area contributed by atoms with Crippen LogP contribution < -0.4 is 5.32 Å². The molecule has 0 fully saturated rings. The minimum Gasteiger partial charge on any atom is -0.444 e. The summed E-state index contributed by atoms with van der Waals surface area (Å²) in [5, 5.41) is 2.93. The number of anilines is 1. The molecule has 6 nitrogen and oxygen atoms in total. The fourth-order valence-electron chi connectivity index (χ4n) is 3.23. The molecule has 31 heavy (non-hydrogen) atoms. The summed E-state index contributed by atoms with van der Waals surface area (Å²) < 4.78 is 7.33. The maximum Gasteiger partial charge on any atom is 0.255 e. The van der Waals surface area contributed by atoms with Gasteiger partial charge < -0.3 is 14.1 Å². The van der Waals surface area contributed by atoms with Gasteiger partial charge in [-0.05, 0) is 48.5 Å². The number of aromatic nitrogens is 3. The van der Waals surface area contributed by atoms with Crippen LogP contribution >= 0.6 is 11.8 Å². The Morgan fingerprint density at radius 1 is 1.06 bits per heavy atom. The molecular weight excluding hydrogens is 408 g/mol. The number of hydrogen-bond acceptors (Lipinski definition) is 5. The lowest BCUT2D eigenvalue weighted by atomic mass is 10.1. The Kier molecular flexibility index (Phi) is 5.24. The van der Waals surface area contributed by atoms with Gasteiger partial charge in [0.15, 0.2) is 12.2 Å². The highest BCUT2D eigenvalue weighted by Gasteiger charge is 2.09. The molecule has 7 heteroatoms. The fraction of sp³-hybridized carbons (Fsp3) is 0.0417. The smallest absolute Gasteiger partial charge is 0.255 e. The second kappa shape index (κ2) is 8.49. The molecule has 0 unspecified atom stereocenters. The number of hydrogen-bond donors (Lipinski definition) is 1. The van der Waals surface area contributed by atoms with Crippen molar-refractivity contribution in [3.8, 4) is 11.3 Å². The highest BCUT2D eigenvalue weighted by atomic mass is 32.2. The molecule has 0 atom stereocenters. The zero-order valence-corrected chi connectivity index (χ0v) is 17.3. The molecule has 0 spiro atoms. The van der Waals surface area contributed by atoms with E-state index in [1.54, 1.807) is 18.0 Å². The van der Waals surface area contributed by atoms with Gasteiger partial charge in [0, 0.05) is 39.9 Å². The molecule has 0 radical (unpaired) electrons. The van der Waals surface area contributed by atoms with Gasteiger partial charge >= 0.3 is 0 Å². The van der Waals surface area contributed by atoms with Gasteiger partial charge in [0.1, 0.15) is 5.65 Å². The third-order valence-corrected chi connectivity index (χ3v) is 5.80. The molecule has 3 aromatic heterocycles. The van der Waals surface area contributed by atoms with Crippen LogP contribution in [0, 0.1) is 0 Å². The summed E-state index contributed by atoms with van der Waals surface area (Å²) in [6.07, 6.45) is 7.06. The Morgan fingerprint density at radius 2 is 1.97 bits per heavy atom. The van der Waals surface area contributed by atoms with Gasteiger partial charge in [-0.2, -0.15) is 0 Å². The quantitative estimate of drug-likeness (QED) is 0.361. The van der Waals surface area contributed by atoms with Crippen molar-refractivity contribution in [3.05, 3.63) is 103 Å². The highest BCUT2D eigenvalue weighted by molar-refractivity contribution is 7.98. The van der Waals surface area contributed by atoms with E-state index in [0.29, 0.717) is 17.0 Å². The first kappa shape index (κ1) is 19.1. The number of carbonyl (C=O) groups excluding carboxylic acids is 1. The summed E-state index contributed by atoms with van der Waals surface area (Å²) in [6.45, 7) is 0. The standard InChI is InChI=1S/C24H18N4O2S/c29-24(27-19-5-3-4-18(12-19)22-13-25-16-30-22)17-7-9-21(10-8-17)31-15-20-14-28-11-2-1-6-23(28)26-20/h1-14,16H,15H2,(H,27,29). The molecule has 5 rings (SSSR count). The number of rotatable bonds is 6. The van der Waals surface area contributed by atoms with Crippen LogP contribution in [-0.2, 0) is 5.75 Å². The van der Waals surface area contributed by atoms with Gasteiger partial charge in [0.05, 0.1) is 11.9 Å². The van der Waals surface area contributed by atoms with Crippen molar-refractivity contribution in [2.45, 2.75) is 10.6 Å². The van der Waals surface area contributed by atoms with Gasteiger partial charge in [-0.3, -0.25) is 4.79 Å². The average Bonchev–Trinajstić information content (AvgIpc) is 3.48. The first-order valence-electron chi connectivity index (χ1n) is 9.70. The van der Waals surface area contributed by atoms with Crippen LogP contribution in [0.1, 0.15) is 16.1 Å². The van der Waals surface area contributed by atoms with E-state index < -0.39 is 0 Å². The van der Waals surface area contributed by atoms with Crippen LogP contribution in [0.25, 0.3) is 17.0 Å². The molecule has 0 aliphatic rings. The van der Waals surface area contributed by atoms with Gasteiger partial charge in [-0.15, -0.1) is 11.8 Å². The Morgan fingerprint density at radius 3 is 2.77 bits per heavy atom. The van der Waals surface area contributed by atoms with E-state index in [1.165, 1.54) is 6.39 Å². The predicted octanol–water partition coefficient (Wildman–Crippen LogP) is 5.53. The summed E-state index contributed by atoms with van der Waals surface area (Å²) in [4.78, 5) is 22.3. The number of fused-ring (bicyclic) bond motifs is 1. The number of nitrogens with one attached hydrogen (secondary N) is 1. The normalized spacial score (nSPS) is 11.0. The molecule has 5 aromatic rings. The molecular formula is C24H18N4O2S. The molecule has 0 aliphatic heterocycles. The molecule has 0 saturated heterocycles. The third-order valence-electron chi connectivity index (χ3n) is 4.75. The van der Waals surface area contributed by atoms with Crippen molar-refractivity contribution in [2.75, 3.05) is 5.32 Å². The van der Waals surface area contributed by atoms with Crippen LogP contribution in [0.3, 0.4) is 0 Å². The first-order chi connectivity index (χ1) is 15.2. The van der Waals surface area contributed by atoms with E-state index in [4.69, 9.17) is 4.42 Å². The Labute approximate surface area is 183 Å². The number of oxazole rings is 1. The number of amides is 1. The number of benzene rings is 2. The van der Waals surface area contributed by atoms with Gasteiger partial charge in [0.25, 0.3) is 5.91 Å². The summed E-state index contributed by atoms with van der Waals surface area (Å²) >= 11 is 1.69. The van der Waals surface area contributed by atoms with Crippen LogP contribution in [0.2, 0.25) is 0 Å². The van der Waals surface area contributed by atoms with Gasteiger partial charge in [-0.1, -0.05) is 18.2 Å². The van der Waals surface area contributed by atoms with E-state index in [0.717, 1.165) is 27.6 Å². The SMILES string of the molecule is O=C(Nc1cccc(-c2cnco2)c1)c1ccc(SCc2cn3ccccc3n2)cc1. The van der Waals surface area contributed by atoms with Crippen LogP contribution in [-0.4, -0.2) is 20.3 Å². The zero-order chi connectivity index (χ0) is 21.0. The van der Waals surface area contributed by atoms with Crippen molar-refractivity contribution < 1.29 is 9.21 Å². The summed E-state index contributed by atoms with van der Waals surface area (Å²) in [5.41, 5.74) is 4.11. The summed E-state index contributed by atoms with van der Waals surface area (Å²) in [7, 11) is 0. The molecule has 2 aromatic carbocycles. The topological polar surface area (TPSA) is 72.4 Å². The van der Waals surface area contributed by atoms with E-state index in [-0.39, 0.29) is 5.91 Å². The summed E-state index contributed by atoms with van der Waals surface area (Å²) in [6, 6.07) is 21.0. The number of nitrogens with zero attached hydrogens (tertiary/aromatic N) is 3. The lowest BCUT2D eigenvalue weighted by Gasteiger charge is -2.07. The minimum atomic E-state index is -0.161. The maximum absolute atomic E-state index is 12.6. The molecule has 0 bridgehead atoms. The van der Waals surface area contributed by atoms with Crippen molar-refractivity contribution in [1.82, 2.24) is 14.4 Å². The monoisotopic (exact) mass is 426 g/mol. The van der Waals surface area contributed by atoms with Crippen molar-refractivity contribution in [2.24, 2.45) is 0 Å². The number of imidazole rings is 1. The fourth-order valence-corrected chi connectivity index (χ4v) is 4.01. The average molecular weight is 427 g/mol. The summed E-state index contributed by atoms with van der Waals surface area (Å²) in [5.74, 6) is 1.26. The Bertz CT molecular complexity index is 1290. The van der Waals surface area contributed by atoms with Gasteiger partial charge in [0.2, 0.25) is 0 Å². The second-order valence-corrected chi connectivity index (χ2v) is 7.96. The van der Waals surface area contributed by atoms with E-state index in [1.807, 2.05) is 83.5 Å². The van der Waals surface area contributed by atoms with Crippen molar-refractivity contribution >= 4 is 29.0 Å². The van der Waals surface area contributed by atoms with Crippen molar-refractivity contribution in [3.63, 3.8) is 0 Å². The Hall–Kier alpha value is -3.84. The minimum absolute atomic E-state index is 0.161. The van der Waals surface area contributed by atoms with E-state index in [9.17, 15) is 4.79 Å². The first-order valence-corrected chi connectivity index (χ1v) is 10.7. The lowest BCUT2D eigenvalue weighted by molar-refractivity contribution is 0.102. The van der Waals surface area contributed by atoms with Crippen LogP contribution in [0.4, 0.5) is 5.69 Å². The Balaban J connectivity index is 1.22. The predicted molar refractivity (Wildman–Crippen MR) is 121 cm³/mol. The van der Waals surface area contributed by atoms with Gasteiger partial charge in [-0.25, -0.2) is 9.97 Å². The molecule has 1 amide bonds. The van der Waals surface area contributed by atoms with Crippen molar-refractivity contribution in [1.29, 1.82) is 0 Å². The lowest BCUT2D eigenvalue weighted by Crippen LogP contribution is -2.11. The van der Waals surface area contributed by atoms with E-state index in [2.05, 4.69) is 15.3 Å². The number of carbonyl (C=O) groups is 1. The number of thioether (sulfide) groups is 1. The molecule has 152 valence electrons. The second-order valence-electron chi connectivity index (χ2n) is 6.91. The molecule has 0 aliphatic carbocycles. The van der Waals surface area contributed by atoms with Crippen LogP contribution in [0.5, 0.6) is 0 Å². The number of pyridine rings is 1. The molecule has 0 saturated carbocycles. The zero-order valence-electron chi connectivity index (χ0n) is 16.4. The van der Waals surface area contributed by atoms with Crippen LogP contribution in [0.15, 0.2) is 101 Å². The highest BCUT2D eigenvalue weighted by Crippen LogP contribution is 2.25. The van der Waals surface area contributed by atoms with E-state index >= 15 is 0 Å². The molecule has 1 N–H and O–H groups in total. The molecule has 3 heterocycles. The largest absolute Gasteiger partial charge is 0.444 e. The maximum atomic E-state index is 12.6.